The van der Waals surface area contributed by atoms with Gasteiger partial charge < -0.3 is 14.5 Å². The molecular weight excluding hydrogens is 452 g/mol. The highest BCUT2D eigenvalue weighted by Gasteiger charge is 2.31. The number of hydrogen-bond acceptors (Lipinski definition) is 6. The first-order chi connectivity index (χ1) is 16.3. The highest BCUT2D eigenvalue weighted by molar-refractivity contribution is 7.18. The Morgan fingerprint density at radius 3 is 2.71 bits per heavy atom. The number of furan rings is 1. The van der Waals surface area contributed by atoms with Gasteiger partial charge in [0.25, 0.3) is 0 Å². The highest BCUT2D eigenvalue weighted by atomic mass is 32.1. The molecule has 8 nitrogen and oxygen atoms in total. The molecule has 0 radical (unpaired) electrons. The molecule has 0 unspecified atom stereocenters. The molecule has 0 saturated heterocycles. The average Bonchev–Trinajstić information content (AvgIpc) is 3.46. The Balaban J connectivity index is 1.58. The van der Waals surface area contributed by atoms with Crippen LogP contribution in [0.25, 0.3) is 10.2 Å². The molecule has 3 aromatic heterocycles. The Kier molecular flexibility index (Phi) is 5.75. The van der Waals surface area contributed by atoms with Crippen LogP contribution in [0.3, 0.4) is 0 Å². The molecular formula is C25H26N4O4S. The predicted octanol–water partition coefficient (Wildman–Crippen LogP) is 3.15. The lowest BCUT2D eigenvalue weighted by Gasteiger charge is -2.30. The summed E-state index contributed by atoms with van der Waals surface area (Å²) in [6.07, 6.45) is 2.17. The minimum absolute atomic E-state index is 0.122. The van der Waals surface area contributed by atoms with E-state index >= 15 is 0 Å². The molecule has 0 aliphatic carbocycles. The van der Waals surface area contributed by atoms with Crippen molar-refractivity contribution in [2.45, 2.75) is 52.1 Å². The molecule has 0 saturated carbocycles. The summed E-state index contributed by atoms with van der Waals surface area (Å²) < 4.78 is 14.3. The zero-order valence-corrected chi connectivity index (χ0v) is 19.9. The maximum atomic E-state index is 13.5. The number of benzene rings is 1. The molecule has 0 spiro atoms. The quantitative estimate of drug-likeness (QED) is 0.444. The van der Waals surface area contributed by atoms with Gasteiger partial charge in [0.05, 0.1) is 30.4 Å². The number of nitrogens with one attached hydrogen (secondary N) is 2. The van der Waals surface area contributed by atoms with Crippen molar-refractivity contribution in [3.8, 4) is 0 Å². The van der Waals surface area contributed by atoms with E-state index in [2.05, 4.69) is 5.32 Å². The van der Waals surface area contributed by atoms with E-state index < -0.39 is 5.69 Å². The van der Waals surface area contributed by atoms with Crippen molar-refractivity contribution in [3.63, 3.8) is 0 Å². The maximum Gasteiger partial charge on any atom is 0.331 e. The summed E-state index contributed by atoms with van der Waals surface area (Å²) >= 11 is 1.43. The molecule has 1 aliphatic rings. The van der Waals surface area contributed by atoms with Crippen molar-refractivity contribution in [1.82, 2.24) is 14.5 Å². The fourth-order valence-electron chi connectivity index (χ4n) is 4.28. The molecule has 1 aromatic carbocycles. The number of thiophene rings is 1. The zero-order valence-electron chi connectivity index (χ0n) is 19.1. The van der Waals surface area contributed by atoms with Crippen LogP contribution in [-0.2, 0) is 42.2 Å². The van der Waals surface area contributed by atoms with Crippen LogP contribution in [0, 0.1) is 5.41 Å². The second kappa shape index (κ2) is 8.73. The molecule has 4 heterocycles. The number of fused-ring (bicyclic) bond motifs is 3. The number of carbonyl (C=O) groups is 1. The third-order valence-corrected chi connectivity index (χ3v) is 7.24. The van der Waals surface area contributed by atoms with E-state index in [1.54, 1.807) is 18.4 Å². The van der Waals surface area contributed by atoms with Gasteiger partial charge in [-0.2, -0.15) is 0 Å². The Bertz CT molecular complexity index is 1460. The first-order valence-corrected chi connectivity index (χ1v) is 11.9. The number of aromatic nitrogens is 2. The van der Waals surface area contributed by atoms with E-state index in [1.807, 2.05) is 44.2 Å². The third-order valence-electron chi connectivity index (χ3n) is 6.01. The van der Waals surface area contributed by atoms with Crippen molar-refractivity contribution in [1.29, 1.82) is 5.41 Å². The van der Waals surface area contributed by atoms with Gasteiger partial charge in [0.15, 0.2) is 0 Å². The van der Waals surface area contributed by atoms with E-state index in [9.17, 15) is 9.59 Å². The number of ether oxygens (including phenoxy) is 1. The SMILES string of the molecule is CC1(C)Cc2c(sc3c2c(=N)n(Cc2ccco2)c(=O)n3CC(=O)NCc2ccccc2)CO1. The molecule has 34 heavy (non-hydrogen) atoms. The fraction of sp³-hybridized carbons (Fsp3) is 0.320. The van der Waals surface area contributed by atoms with Crippen LogP contribution < -0.4 is 16.5 Å². The Hall–Kier alpha value is -3.43. The van der Waals surface area contributed by atoms with Crippen molar-refractivity contribution in [2.75, 3.05) is 0 Å². The van der Waals surface area contributed by atoms with Crippen LogP contribution in [0.5, 0.6) is 0 Å². The lowest BCUT2D eigenvalue weighted by Crippen LogP contribution is -2.43. The van der Waals surface area contributed by atoms with Crippen LogP contribution in [0.2, 0.25) is 0 Å². The summed E-state index contributed by atoms with van der Waals surface area (Å²) in [5.74, 6) is 0.306. The lowest BCUT2D eigenvalue weighted by molar-refractivity contribution is -0.121. The number of carbonyl (C=O) groups excluding carboxylic acids is 1. The topological polar surface area (TPSA) is 102 Å². The van der Waals surface area contributed by atoms with Gasteiger partial charge in [0.2, 0.25) is 5.91 Å². The van der Waals surface area contributed by atoms with Gasteiger partial charge in [-0.15, -0.1) is 11.3 Å². The van der Waals surface area contributed by atoms with Crippen molar-refractivity contribution in [3.05, 3.63) is 86.5 Å². The van der Waals surface area contributed by atoms with E-state index in [1.165, 1.54) is 20.5 Å². The highest BCUT2D eigenvalue weighted by Crippen LogP contribution is 2.37. The lowest BCUT2D eigenvalue weighted by atomic mass is 9.94. The summed E-state index contributed by atoms with van der Waals surface area (Å²) in [5, 5.41) is 12.5. The molecule has 9 heteroatoms. The van der Waals surface area contributed by atoms with Crippen LogP contribution in [0.4, 0.5) is 0 Å². The zero-order chi connectivity index (χ0) is 23.9. The Labute approximate surface area is 199 Å². The largest absolute Gasteiger partial charge is 0.467 e. The van der Waals surface area contributed by atoms with Crippen LogP contribution >= 0.6 is 11.3 Å². The van der Waals surface area contributed by atoms with Gasteiger partial charge in [-0.25, -0.2) is 4.79 Å². The third kappa shape index (κ3) is 4.24. The number of amides is 1. The molecule has 5 rings (SSSR count). The second-order valence-corrected chi connectivity index (χ2v) is 10.1. The molecule has 176 valence electrons. The van der Waals surface area contributed by atoms with Crippen LogP contribution in [0.1, 0.15) is 35.6 Å². The monoisotopic (exact) mass is 478 g/mol. The Morgan fingerprint density at radius 1 is 1.18 bits per heavy atom. The van der Waals surface area contributed by atoms with E-state index in [-0.39, 0.29) is 30.1 Å². The van der Waals surface area contributed by atoms with Gasteiger partial charge >= 0.3 is 5.69 Å². The summed E-state index contributed by atoms with van der Waals surface area (Å²) in [6.45, 7) is 4.83. The van der Waals surface area contributed by atoms with Crippen molar-refractivity contribution in [2.24, 2.45) is 0 Å². The van der Waals surface area contributed by atoms with Crippen molar-refractivity contribution >= 4 is 27.5 Å². The summed E-state index contributed by atoms with van der Waals surface area (Å²) in [6, 6.07) is 13.1. The van der Waals surface area contributed by atoms with Gasteiger partial charge in [-0.05, 0) is 37.1 Å². The van der Waals surface area contributed by atoms with Gasteiger partial charge in [-0.1, -0.05) is 30.3 Å². The minimum Gasteiger partial charge on any atom is -0.467 e. The average molecular weight is 479 g/mol. The molecule has 0 bridgehead atoms. The molecule has 0 fully saturated rings. The van der Waals surface area contributed by atoms with Gasteiger partial charge in [-0.3, -0.25) is 19.3 Å². The number of nitrogens with zero attached hydrogens (tertiary/aromatic N) is 2. The van der Waals surface area contributed by atoms with Gasteiger partial charge in [0.1, 0.15) is 22.6 Å². The molecule has 1 amide bonds. The minimum atomic E-state index is -0.414. The number of rotatable bonds is 6. The molecule has 4 aromatic rings. The fourth-order valence-corrected chi connectivity index (χ4v) is 5.50. The first-order valence-electron chi connectivity index (χ1n) is 11.1. The molecule has 2 N–H and O–H groups in total. The van der Waals surface area contributed by atoms with E-state index in [4.69, 9.17) is 14.6 Å². The van der Waals surface area contributed by atoms with Crippen molar-refractivity contribution < 1.29 is 13.9 Å². The van der Waals surface area contributed by atoms with Crippen LogP contribution in [0.15, 0.2) is 57.9 Å². The summed E-state index contributed by atoms with van der Waals surface area (Å²) in [4.78, 5) is 28.0. The molecule has 0 atom stereocenters. The summed E-state index contributed by atoms with van der Waals surface area (Å²) in [5.41, 5.74) is 1.35. The second-order valence-electron chi connectivity index (χ2n) is 9.05. The smallest absolute Gasteiger partial charge is 0.331 e. The number of hydrogen-bond donors (Lipinski definition) is 2. The standard InChI is InChI=1S/C25H26N4O4S/c1-25(2)11-18-19(15-33-25)34-23-21(18)22(26)28(13-17-9-6-10-32-17)24(31)29(23)14-20(30)27-12-16-7-4-3-5-8-16/h3-10,26H,11-15H2,1-2H3,(H,27,30). The maximum absolute atomic E-state index is 13.5. The van der Waals surface area contributed by atoms with E-state index in [0.717, 1.165) is 16.0 Å². The summed E-state index contributed by atoms with van der Waals surface area (Å²) in [7, 11) is 0. The normalized spacial score (nSPS) is 14.8. The van der Waals surface area contributed by atoms with Crippen LogP contribution in [-0.4, -0.2) is 20.6 Å². The Morgan fingerprint density at radius 2 is 1.97 bits per heavy atom. The molecule has 1 aliphatic heterocycles. The predicted molar refractivity (Wildman–Crippen MR) is 129 cm³/mol. The first kappa shape index (κ1) is 22.4. The van der Waals surface area contributed by atoms with E-state index in [0.29, 0.717) is 35.5 Å². The van der Waals surface area contributed by atoms with Gasteiger partial charge in [0, 0.05) is 17.8 Å².